The van der Waals surface area contributed by atoms with E-state index in [2.05, 4.69) is 29.6 Å². The van der Waals surface area contributed by atoms with Gasteiger partial charge >= 0.3 is 5.97 Å². The Kier molecular flexibility index (Phi) is 7.89. The number of amides is 2. The van der Waals surface area contributed by atoms with Crippen LogP contribution in [0.25, 0.3) is 0 Å². The summed E-state index contributed by atoms with van der Waals surface area (Å²) < 4.78 is 5.71. The number of nitrogens with zero attached hydrogens (tertiary/aromatic N) is 1. The molecule has 0 radical (unpaired) electrons. The molecule has 0 saturated heterocycles. The number of carbonyl (C=O) groups excluding carboxylic acids is 3. The van der Waals surface area contributed by atoms with E-state index >= 15 is 0 Å². The third-order valence-electron chi connectivity index (χ3n) is 9.18. The molecule has 3 aromatic rings. The van der Waals surface area contributed by atoms with E-state index < -0.39 is 11.0 Å². The molecule has 2 fully saturated rings. The quantitative estimate of drug-likeness (QED) is 0.268. The Morgan fingerprint density at radius 3 is 2.35 bits per heavy atom. The fourth-order valence-electron chi connectivity index (χ4n) is 6.78. The van der Waals surface area contributed by atoms with Crippen molar-refractivity contribution in [3.8, 4) is 0 Å². The van der Waals surface area contributed by atoms with Gasteiger partial charge < -0.3 is 15.0 Å². The molecular formula is C37H42N2O4. The molecule has 0 unspecified atom stereocenters. The van der Waals surface area contributed by atoms with E-state index in [-0.39, 0.29) is 23.7 Å². The Labute approximate surface area is 254 Å². The summed E-state index contributed by atoms with van der Waals surface area (Å²) in [6.07, 6.45) is 6.65. The van der Waals surface area contributed by atoms with Gasteiger partial charge in [-0.2, -0.15) is 0 Å². The first kappa shape index (κ1) is 29.2. The number of anilines is 1. The SMILES string of the molecule is CC(C)(C)OC(=O)C1(Cc2cccc(NC(=O)[C@H](c3ccc(CN4Cc5ccccc5C4=O)cc3)C3CCCC3)c2)CC1. The molecular weight excluding hydrogens is 536 g/mol. The third kappa shape index (κ3) is 6.53. The summed E-state index contributed by atoms with van der Waals surface area (Å²) in [4.78, 5) is 41.5. The zero-order chi connectivity index (χ0) is 30.2. The van der Waals surface area contributed by atoms with Gasteiger partial charge in [0.1, 0.15) is 5.60 Å². The van der Waals surface area contributed by atoms with E-state index in [1.54, 1.807) is 0 Å². The lowest BCUT2D eigenvalue weighted by molar-refractivity contribution is -0.161. The number of rotatable bonds is 9. The minimum Gasteiger partial charge on any atom is -0.460 e. The zero-order valence-electron chi connectivity index (χ0n) is 25.5. The molecule has 6 rings (SSSR count). The third-order valence-corrected chi connectivity index (χ3v) is 9.18. The molecule has 0 spiro atoms. The lowest BCUT2D eigenvalue weighted by atomic mass is 9.83. The topological polar surface area (TPSA) is 75.7 Å². The highest BCUT2D eigenvalue weighted by molar-refractivity contribution is 5.98. The molecule has 224 valence electrons. The Morgan fingerprint density at radius 1 is 0.953 bits per heavy atom. The average Bonchev–Trinajstić information content (AvgIpc) is 3.42. The Balaban J connectivity index is 1.14. The van der Waals surface area contributed by atoms with Gasteiger partial charge in [-0.15, -0.1) is 0 Å². The molecule has 3 aromatic carbocycles. The van der Waals surface area contributed by atoms with Crippen LogP contribution in [0, 0.1) is 11.3 Å². The molecule has 1 N–H and O–H groups in total. The number of hydrogen-bond acceptors (Lipinski definition) is 4. The summed E-state index contributed by atoms with van der Waals surface area (Å²) in [5.74, 6) is 0.0110. The minimum atomic E-state index is -0.507. The van der Waals surface area contributed by atoms with Crippen LogP contribution in [0.2, 0.25) is 0 Å². The molecule has 2 aliphatic carbocycles. The summed E-state index contributed by atoms with van der Waals surface area (Å²) in [6.45, 7) is 6.88. The number of benzene rings is 3. The summed E-state index contributed by atoms with van der Waals surface area (Å²) in [5, 5.41) is 3.21. The highest BCUT2D eigenvalue weighted by Gasteiger charge is 2.52. The first-order valence-corrected chi connectivity index (χ1v) is 15.7. The second kappa shape index (κ2) is 11.6. The van der Waals surface area contributed by atoms with Crippen LogP contribution in [0.1, 0.15) is 97.8 Å². The molecule has 6 heteroatoms. The molecule has 2 saturated carbocycles. The number of hydrogen-bond donors (Lipinski definition) is 1. The number of fused-ring (bicyclic) bond motifs is 1. The van der Waals surface area contributed by atoms with Gasteiger partial charge in [-0.25, -0.2) is 0 Å². The van der Waals surface area contributed by atoms with Gasteiger partial charge in [0.15, 0.2) is 0 Å². The van der Waals surface area contributed by atoms with Crippen molar-refractivity contribution >= 4 is 23.5 Å². The number of carbonyl (C=O) groups is 3. The molecule has 43 heavy (non-hydrogen) atoms. The lowest BCUT2D eigenvalue weighted by Gasteiger charge is -2.25. The number of nitrogens with one attached hydrogen (secondary N) is 1. The predicted molar refractivity (Wildman–Crippen MR) is 167 cm³/mol. The molecule has 3 aliphatic rings. The number of ether oxygens (including phenoxy) is 1. The van der Waals surface area contributed by atoms with E-state index in [0.717, 1.165) is 72.0 Å². The smallest absolute Gasteiger partial charge is 0.312 e. The first-order chi connectivity index (χ1) is 20.6. The van der Waals surface area contributed by atoms with Crippen LogP contribution < -0.4 is 5.32 Å². The van der Waals surface area contributed by atoms with E-state index in [1.807, 2.05) is 74.2 Å². The number of esters is 1. The lowest BCUT2D eigenvalue weighted by Crippen LogP contribution is -2.30. The van der Waals surface area contributed by atoms with Crippen LogP contribution in [0.5, 0.6) is 0 Å². The van der Waals surface area contributed by atoms with Gasteiger partial charge in [0.05, 0.1) is 11.3 Å². The maximum atomic E-state index is 13.9. The van der Waals surface area contributed by atoms with Gasteiger partial charge in [-0.3, -0.25) is 14.4 Å². The molecule has 6 nitrogen and oxygen atoms in total. The largest absolute Gasteiger partial charge is 0.460 e. The molecule has 0 aromatic heterocycles. The Morgan fingerprint density at radius 2 is 1.67 bits per heavy atom. The predicted octanol–water partition coefficient (Wildman–Crippen LogP) is 7.42. The van der Waals surface area contributed by atoms with Crippen LogP contribution >= 0.6 is 0 Å². The summed E-state index contributed by atoms with van der Waals surface area (Å²) in [7, 11) is 0. The minimum absolute atomic E-state index is 0.00949. The second-order valence-electron chi connectivity index (χ2n) is 13.7. The van der Waals surface area contributed by atoms with Crippen molar-refractivity contribution in [2.24, 2.45) is 11.3 Å². The van der Waals surface area contributed by atoms with Crippen LogP contribution in [0.15, 0.2) is 72.8 Å². The fraction of sp³-hybridized carbons (Fsp3) is 0.432. The molecule has 1 aliphatic heterocycles. The highest BCUT2D eigenvalue weighted by Crippen LogP contribution is 2.50. The van der Waals surface area contributed by atoms with Crippen molar-refractivity contribution in [3.05, 3.63) is 101 Å². The van der Waals surface area contributed by atoms with Crippen molar-refractivity contribution < 1.29 is 19.1 Å². The summed E-state index contributed by atoms with van der Waals surface area (Å²) in [6, 6.07) is 24.0. The fourth-order valence-corrected chi connectivity index (χ4v) is 6.78. The van der Waals surface area contributed by atoms with Crippen LogP contribution in [-0.4, -0.2) is 28.3 Å². The van der Waals surface area contributed by atoms with E-state index in [4.69, 9.17) is 4.74 Å². The van der Waals surface area contributed by atoms with Crippen LogP contribution in [0.3, 0.4) is 0 Å². The summed E-state index contributed by atoms with van der Waals surface area (Å²) in [5.41, 5.74) is 4.77. The second-order valence-corrected chi connectivity index (χ2v) is 13.7. The monoisotopic (exact) mass is 578 g/mol. The highest BCUT2D eigenvalue weighted by atomic mass is 16.6. The van der Waals surface area contributed by atoms with Crippen molar-refractivity contribution in [3.63, 3.8) is 0 Å². The average molecular weight is 579 g/mol. The maximum absolute atomic E-state index is 13.9. The Bertz CT molecular complexity index is 1510. The van der Waals surface area contributed by atoms with Crippen molar-refractivity contribution in [2.45, 2.75) is 90.3 Å². The first-order valence-electron chi connectivity index (χ1n) is 15.7. The van der Waals surface area contributed by atoms with E-state index in [9.17, 15) is 14.4 Å². The van der Waals surface area contributed by atoms with Gasteiger partial charge in [0.2, 0.25) is 5.91 Å². The van der Waals surface area contributed by atoms with Crippen LogP contribution in [-0.2, 0) is 33.8 Å². The molecule has 2 amide bonds. The summed E-state index contributed by atoms with van der Waals surface area (Å²) >= 11 is 0. The molecule has 1 atom stereocenters. The van der Waals surface area contributed by atoms with Crippen molar-refractivity contribution in [1.29, 1.82) is 0 Å². The standard InChI is InChI=1S/C37H42N2O4/c1-36(2,3)43-35(42)37(19-20-37)22-26-9-8-13-30(21-26)38-33(40)32(27-10-4-5-11-27)28-17-15-25(16-18-28)23-39-24-29-12-6-7-14-31(29)34(39)41/h6-9,12-18,21,27,32H,4-5,10-11,19-20,22-24H2,1-3H3,(H,38,40)/t32-/m0/s1. The van der Waals surface area contributed by atoms with Crippen molar-refractivity contribution in [2.75, 3.05) is 5.32 Å². The van der Waals surface area contributed by atoms with Gasteiger partial charge in [-0.1, -0.05) is 67.4 Å². The van der Waals surface area contributed by atoms with E-state index in [0.29, 0.717) is 25.4 Å². The molecule has 0 bridgehead atoms. The normalized spacial score (nSPS) is 18.3. The van der Waals surface area contributed by atoms with Gasteiger partial charge in [0.25, 0.3) is 5.91 Å². The van der Waals surface area contributed by atoms with Gasteiger partial charge in [-0.05, 0) is 99.2 Å². The van der Waals surface area contributed by atoms with Crippen LogP contribution in [0.4, 0.5) is 5.69 Å². The van der Waals surface area contributed by atoms with Gasteiger partial charge in [0, 0.05) is 24.3 Å². The van der Waals surface area contributed by atoms with E-state index in [1.165, 1.54) is 0 Å². The maximum Gasteiger partial charge on any atom is 0.312 e. The Hall–Kier alpha value is -3.93. The zero-order valence-corrected chi connectivity index (χ0v) is 25.5. The molecule has 1 heterocycles. The van der Waals surface area contributed by atoms with Crippen molar-refractivity contribution in [1.82, 2.24) is 4.90 Å².